The Balaban J connectivity index is 1.57. The molecule has 1 aliphatic carbocycles. The number of aliphatic hydroxyl groups is 1. The van der Waals surface area contributed by atoms with Gasteiger partial charge in [-0.05, 0) is 63.6 Å². The van der Waals surface area contributed by atoms with Crippen LogP contribution in [0.5, 0.6) is 0 Å². The molecule has 5 rings (SSSR count). The minimum atomic E-state index is -3.74. The van der Waals surface area contributed by atoms with Crippen LogP contribution in [0, 0.1) is 5.92 Å². The summed E-state index contributed by atoms with van der Waals surface area (Å²) in [5, 5.41) is 11.1. The van der Waals surface area contributed by atoms with Crippen LogP contribution < -0.4 is 0 Å². The molecular formula is C23H26N4O3S. The van der Waals surface area contributed by atoms with Crippen LogP contribution in [0.4, 0.5) is 0 Å². The molecule has 1 aliphatic rings. The van der Waals surface area contributed by atoms with E-state index in [-0.39, 0.29) is 16.9 Å². The summed E-state index contributed by atoms with van der Waals surface area (Å²) < 4.78 is 29.8. The molecule has 1 aromatic carbocycles. The second-order valence-electron chi connectivity index (χ2n) is 8.97. The smallest absolute Gasteiger partial charge is 0.269 e. The van der Waals surface area contributed by atoms with E-state index in [1.165, 1.54) is 3.97 Å². The fraction of sp³-hybridized carbons (Fsp3) is 0.391. The molecule has 8 heteroatoms. The average Bonchev–Trinajstić information content (AvgIpc) is 3.38. The first kappa shape index (κ1) is 20.2. The first-order valence-corrected chi connectivity index (χ1v) is 12.1. The average molecular weight is 439 g/mol. The molecule has 0 aliphatic heterocycles. The van der Waals surface area contributed by atoms with Crippen LogP contribution in [-0.2, 0) is 10.0 Å². The molecule has 1 saturated carbocycles. The minimum absolute atomic E-state index is 0.229. The summed E-state index contributed by atoms with van der Waals surface area (Å²) in [6.45, 7) is 3.77. The van der Waals surface area contributed by atoms with E-state index in [0.717, 1.165) is 42.1 Å². The van der Waals surface area contributed by atoms with E-state index >= 15 is 0 Å². The molecule has 0 unspecified atom stereocenters. The molecule has 1 fully saturated rings. The molecule has 31 heavy (non-hydrogen) atoms. The zero-order chi connectivity index (χ0) is 21.8. The summed E-state index contributed by atoms with van der Waals surface area (Å²) in [6, 6.07) is 10.5. The number of rotatable bonds is 4. The fourth-order valence-electron chi connectivity index (χ4n) is 4.82. The number of pyridine rings is 1. The highest BCUT2D eigenvalue weighted by Crippen LogP contribution is 2.39. The number of benzene rings is 1. The van der Waals surface area contributed by atoms with E-state index in [4.69, 9.17) is 0 Å². The van der Waals surface area contributed by atoms with Crippen LogP contribution in [0.25, 0.3) is 22.1 Å². The summed E-state index contributed by atoms with van der Waals surface area (Å²) in [7, 11) is -3.74. The van der Waals surface area contributed by atoms with Crippen molar-refractivity contribution in [2.24, 2.45) is 5.92 Å². The molecule has 0 amide bonds. The minimum Gasteiger partial charge on any atom is -0.390 e. The molecular weight excluding hydrogens is 412 g/mol. The van der Waals surface area contributed by atoms with Crippen molar-refractivity contribution in [3.63, 3.8) is 0 Å². The summed E-state index contributed by atoms with van der Waals surface area (Å²) in [4.78, 5) is 9.20. The van der Waals surface area contributed by atoms with E-state index in [0.29, 0.717) is 5.65 Å². The molecule has 0 radical (unpaired) electrons. The molecule has 162 valence electrons. The quantitative estimate of drug-likeness (QED) is 0.517. The van der Waals surface area contributed by atoms with Gasteiger partial charge in [0.05, 0.1) is 28.5 Å². The topological polar surface area (TPSA) is 90.0 Å². The highest BCUT2D eigenvalue weighted by Gasteiger charge is 2.32. The number of imidazole rings is 1. The third-order valence-corrected chi connectivity index (χ3v) is 8.28. The molecule has 0 saturated heterocycles. The van der Waals surface area contributed by atoms with Gasteiger partial charge in [0.15, 0.2) is 5.65 Å². The van der Waals surface area contributed by atoms with Crippen LogP contribution in [0.2, 0.25) is 0 Å². The van der Waals surface area contributed by atoms with Crippen molar-refractivity contribution >= 4 is 32.1 Å². The second-order valence-corrected chi connectivity index (χ2v) is 10.8. The largest absolute Gasteiger partial charge is 0.390 e. The first-order valence-electron chi connectivity index (χ1n) is 10.6. The third kappa shape index (κ3) is 3.34. The van der Waals surface area contributed by atoms with Crippen LogP contribution >= 0.6 is 0 Å². The van der Waals surface area contributed by atoms with Crippen LogP contribution in [0.15, 0.2) is 60.0 Å². The Labute approximate surface area is 181 Å². The monoisotopic (exact) mass is 438 g/mol. The lowest BCUT2D eigenvalue weighted by Gasteiger charge is -2.36. The van der Waals surface area contributed by atoms with E-state index in [9.17, 15) is 13.5 Å². The maximum absolute atomic E-state index is 13.2. The third-order valence-electron chi connectivity index (χ3n) is 6.60. The van der Waals surface area contributed by atoms with Gasteiger partial charge in [-0.25, -0.2) is 22.4 Å². The van der Waals surface area contributed by atoms with Gasteiger partial charge >= 0.3 is 0 Å². The first-order chi connectivity index (χ1) is 14.8. The van der Waals surface area contributed by atoms with Crippen LogP contribution in [-0.4, -0.2) is 37.6 Å². The lowest BCUT2D eigenvalue weighted by molar-refractivity contribution is -0.00466. The molecule has 1 N–H and O–H groups in total. The maximum Gasteiger partial charge on any atom is 0.269 e. The summed E-state index contributed by atoms with van der Waals surface area (Å²) in [5.41, 5.74) is 1.41. The number of aromatic nitrogens is 4. The lowest BCUT2D eigenvalue weighted by atomic mass is 9.77. The van der Waals surface area contributed by atoms with Crippen LogP contribution in [0.3, 0.4) is 0 Å². The predicted molar refractivity (Wildman–Crippen MR) is 119 cm³/mol. The number of fused-ring (bicyclic) bond motifs is 3. The SMILES string of the molecule is CC(C)(O)C1CCC(n2cnc3cnc4c(ccn4S(=O)(=O)c4ccccc4)c32)CC1. The second kappa shape index (κ2) is 7.17. The van der Waals surface area contributed by atoms with Crippen molar-refractivity contribution in [2.45, 2.75) is 56.1 Å². The Bertz CT molecular complexity index is 1340. The maximum atomic E-state index is 13.2. The highest BCUT2D eigenvalue weighted by atomic mass is 32.2. The van der Waals surface area contributed by atoms with Crippen molar-refractivity contribution in [3.05, 3.63) is 55.1 Å². The molecule has 0 spiro atoms. The highest BCUT2D eigenvalue weighted by molar-refractivity contribution is 7.90. The van der Waals surface area contributed by atoms with Crippen molar-refractivity contribution in [2.75, 3.05) is 0 Å². The van der Waals surface area contributed by atoms with E-state index < -0.39 is 15.6 Å². The van der Waals surface area contributed by atoms with Gasteiger partial charge in [0.2, 0.25) is 0 Å². The Morgan fingerprint density at radius 2 is 1.74 bits per heavy atom. The van der Waals surface area contributed by atoms with Gasteiger partial charge in [0, 0.05) is 17.6 Å². The van der Waals surface area contributed by atoms with Crippen molar-refractivity contribution in [1.29, 1.82) is 0 Å². The van der Waals surface area contributed by atoms with Crippen molar-refractivity contribution in [3.8, 4) is 0 Å². The van der Waals surface area contributed by atoms with Crippen LogP contribution in [0.1, 0.15) is 45.6 Å². The molecule has 0 atom stereocenters. The van der Waals surface area contributed by atoms with E-state index in [1.54, 1.807) is 42.7 Å². The van der Waals surface area contributed by atoms with Crippen molar-refractivity contribution < 1.29 is 13.5 Å². The number of nitrogens with zero attached hydrogens (tertiary/aromatic N) is 4. The molecule has 0 bridgehead atoms. The number of hydrogen-bond acceptors (Lipinski definition) is 5. The Kier molecular flexibility index (Phi) is 4.67. The molecule has 7 nitrogen and oxygen atoms in total. The standard InChI is InChI=1S/C23H26N4O3S/c1-23(2,28)16-8-10-17(11-9-16)26-15-25-20-14-24-22-19(21(20)26)12-13-27(22)31(29,30)18-6-4-3-5-7-18/h3-7,12-17,28H,8-11H2,1-2H3. The van der Waals surface area contributed by atoms with Gasteiger partial charge in [-0.2, -0.15) is 0 Å². The van der Waals surface area contributed by atoms with Gasteiger partial charge in [-0.15, -0.1) is 0 Å². The molecule has 3 heterocycles. The molecule has 3 aromatic heterocycles. The lowest BCUT2D eigenvalue weighted by Crippen LogP contribution is -2.34. The predicted octanol–water partition coefficient (Wildman–Crippen LogP) is 4.13. The Morgan fingerprint density at radius 3 is 2.42 bits per heavy atom. The van der Waals surface area contributed by atoms with Gasteiger partial charge < -0.3 is 9.67 Å². The normalized spacial score (nSPS) is 20.5. The summed E-state index contributed by atoms with van der Waals surface area (Å²) in [6.07, 6.45) is 8.86. The molecule has 4 aromatic rings. The van der Waals surface area contributed by atoms with Gasteiger partial charge in [0.1, 0.15) is 5.52 Å². The van der Waals surface area contributed by atoms with E-state index in [1.807, 2.05) is 26.2 Å². The number of hydrogen-bond donors (Lipinski definition) is 1. The summed E-state index contributed by atoms with van der Waals surface area (Å²) in [5.74, 6) is 0.289. The van der Waals surface area contributed by atoms with Gasteiger partial charge in [-0.1, -0.05) is 18.2 Å². The Morgan fingerprint density at radius 1 is 1.03 bits per heavy atom. The summed E-state index contributed by atoms with van der Waals surface area (Å²) >= 11 is 0. The van der Waals surface area contributed by atoms with Gasteiger partial charge in [-0.3, -0.25) is 0 Å². The van der Waals surface area contributed by atoms with Crippen molar-refractivity contribution in [1.82, 2.24) is 18.5 Å². The Hall–Kier alpha value is -2.71. The zero-order valence-electron chi connectivity index (χ0n) is 17.6. The zero-order valence-corrected chi connectivity index (χ0v) is 18.5. The van der Waals surface area contributed by atoms with Gasteiger partial charge in [0.25, 0.3) is 10.0 Å². The van der Waals surface area contributed by atoms with E-state index in [2.05, 4.69) is 14.5 Å². The fourth-order valence-corrected chi connectivity index (χ4v) is 6.15.